The molecule has 0 spiro atoms. The van der Waals surface area contributed by atoms with E-state index < -0.39 is 23.5 Å². The van der Waals surface area contributed by atoms with Crippen molar-refractivity contribution in [2.75, 3.05) is 24.7 Å². The number of ketones is 1. The number of hydrogen-bond acceptors (Lipinski definition) is 5. The van der Waals surface area contributed by atoms with E-state index in [0.29, 0.717) is 24.4 Å². The Morgan fingerprint density at radius 3 is 2.67 bits per heavy atom. The number of benzene rings is 3. The fourth-order valence-corrected chi connectivity index (χ4v) is 3.96. The number of fused-ring (bicyclic) bond motifs is 1. The summed E-state index contributed by atoms with van der Waals surface area (Å²) in [5.41, 5.74) is 2.47. The van der Waals surface area contributed by atoms with Gasteiger partial charge in [0, 0.05) is 12.1 Å². The summed E-state index contributed by atoms with van der Waals surface area (Å²) >= 11 is 0. The Balaban J connectivity index is 1.45. The first-order chi connectivity index (χ1) is 17.3. The first-order valence-corrected chi connectivity index (χ1v) is 11.7. The summed E-state index contributed by atoms with van der Waals surface area (Å²) in [5.74, 6) is -1.30. The number of rotatable bonds is 9. The molecule has 0 saturated heterocycles. The predicted octanol–water partition coefficient (Wildman–Crippen LogP) is 3.87. The van der Waals surface area contributed by atoms with Gasteiger partial charge in [0.1, 0.15) is 11.8 Å². The minimum absolute atomic E-state index is 0.0118. The van der Waals surface area contributed by atoms with Crippen molar-refractivity contribution in [2.24, 2.45) is 0 Å². The lowest BCUT2D eigenvalue weighted by atomic mass is 10.1. The first-order valence-electron chi connectivity index (χ1n) is 11.7. The van der Waals surface area contributed by atoms with Crippen LogP contribution in [0, 0.1) is 12.7 Å². The van der Waals surface area contributed by atoms with Gasteiger partial charge < -0.3 is 14.8 Å². The molecule has 3 aromatic rings. The van der Waals surface area contributed by atoms with E-state index in [1.165, 1.54) is 23.1 Å². The minimum atomic E-state index is -0.820. The molecular formula is C28H27FN2O5. The zero-order valence-corrected chi connectivity index (χ0v) is 20.1. The smallest absolute Gasteiger partial charge is 0.265 e. The first kappa shape index (κ1) is 24.9. The molecule has 1 heterocycles. The van der Waals surface area contributed by atoms with Gasteiger partial charge in [-0.15, -0.1) is 0 Å². The van der Waals surface area contributed by atoms with Gasteiger partial charge in [-0.2, -0.15) is 0 Å². The SMILES string of the molecule is Cc1ccc(F)c(OCC(=O)c2ccc3c(c2)N([C@H](C)C(=O)NCCc2ccccc2)C(=O)CO3)c1. The molecule has 36 heavy (non-hydrogen) atoms. The molecule has 0 radical (unpaired) electrons. The van der Waals surface area contributed by atoms with Crippen molar-refractivity contribution >= 4 is 23.3 Å². The fourth-order valence-electron chi connectivity index (χ4n) is 3.96. The van der Waals surface area contributed by atoms with Crippen LogP contribution >= 0.6 is 0 Å². The maximum absolute atomic E-state index is 14.0. The Kier molecular flexibility index (Phi) is 7.63. The number of aryl methyl sites for hydroxylation is 1. The van der Waals surface area contributed by atoms with Gasteiger partial charge in [0.05, 0.1) is 5.69 Å². The van der Waals surface area contributed by atoms with E-state index >= 15 is 0 Å². The minimum Gasteiger partial charge on any atom is -0.482 e. The molecule has 4 rings (SSSR count). The highest BCUT2D eigenvalue weighted by Gasteiger charge is 2.33. The third-order valence-corrected chi connectivity index (χ3v) is 5.93. The molecule has 2 amide bonds. The van der Waals surface area contributed by atoms with Crippen LogP contribution in [0.1, 0.15) is 28.4 Å². The number of halogens is 1. The van der Waals surface area contributed by atoms with Crippen LogP contribution in [0.3, 0.4) is 0 Å². The highest BCUT2D eigenvalue weighted by molar-refractivity contribution is 6.05. The lowest BCUT2D eigenvalue weighted by molar-refractivity contribution is -0.127. The Morgan fingerprint density at radius 2 is 1.89 bits per heavy atom. The van der Waals surface area contributed by atoms with Gasteiger partial charge in [-0.25, -0.2) is 4.39 Å². The molecule has 0 fully saturated rings. The zero-order valence-electron chi connectivity index (χ0n) is 20.1. The molecule has 186 valence electrons. The highest BCUT2D eigenvalue weighted by atomic mass is 19.1. The van der Waals surface area contributed by atoms with Crippen LogP contribution in [0.5, 0.6) is 11.5 Å². The van der Waals surface area contributed by atoms with Gasteiger partial charge in [0.2, 0.25) is 5.91 Å². The molecule has 1 aliphatic rings. The Labute approximate surface area is 208 Å². The van der Waals surface area contributed by atoms with Crippen molar-refractivity contribution in [1.29, 1.82) is 0 Å². The number of Topliss-reactive ketones (excluding diaryl/α,β-unsaturated/α-hetero) is 1. The lowest BCUT2D eigenvalue weighted by Gasteiger charge is -2.33. The standard InChI is InChI=1S/C28H27FN2O5/c1-18-8-10-22(29)26(14-18)35-16-24(32)21-9-11-25-23(15-21)31(27(33)17-36-25)19(2)28(34)30-13-12-20-6-4-3-5-7-20/h3-11,14-15,19H,12-13,16-17H2,1-2H3,(H,30,34)/t19-/m1/s1. The van der Waals surface area contributed by atoms with Crippen molar-refractivity contribution in [3.05, 3.63) is 89.2 Å². The molecule has 1 atom stereocenters. The van der Waals surface area contributed by atoms with Gasteiger partial charge in [-0.3, -0.25) is 19.3 Å². The van der Waals surface area contributed by atoms with Crippen LogP contribution in [0.25, 0.3) is 0 Å². The van der Waals surface area contributed by atoms with Crippen molar-refractivity contribution < 1.29 is 28.2 Å². The number of hydrogen-bond donors (Lipinski definition) is 1. The van der Waals surface area contributed by atoms with Gasteiger partial charge in [-0.05, 0) is 61.7 Å². The molecule has 1 aliphatic heterocycles. The van der Waals surface area contributed by atoms with E-state index in [9.17, 15) is 18.8 Å². The normalized spacial score (nSPS) is 13.4. The zero-order chi connectivity index (χ0) is 25.7. The predicted molar refractivity (Wildman–Crippen MR) is 133 cm³/mol. The largest absolute Gasteiger partial charge is 0.482 e. The number of ether oxygens (including phenoxy) is 2. The number of carbonyl (C=O) groups is 3. The molecule has 1 N–H and O–H groups in total. The molecular weight excluding hydrogens is 463 g/mol. The van der Waals surface area contributed by atoms with Gasteiger partial charge in [-0.1, -0.05) is 36.4 Å². The number of anilines is 1. The molecule has 0 unspecified atom stereocenters. The lowest BCUT2D eigenvalue weighted by Crippen LogP contribution is -2.51. The van der Waals surface area contributed by atoms with Crippen molar-refractivity contribution in [3.8, 4) is 11.5 Å². The average Bonchev–Trinajstić information content (AvgIpc) is 2.88. The van der Waals surface area contributed by atoms with Crippen molar-refractivity contribution in [3.63, 3.8) is 0 Å². The quantitative estimate of drug-likeness (QED) is 0.461. The average molecular weight is 491 g/mol. The topological polar surface area (TPSA) is 84.9 Å². The third-order valence-electron chi connectivity index (χ3n) is 5.93. The molecule has 0 aliphatic carbocycles. The van der Waals surface area contributed by atoms with E-state index in [4.69, 9.17) is 9.47 Å². The van der Waals surface area contributed by atoms with Crippen LogP contribution in [0.15, 0.2) is 66.7 Å². The van der Waals surface area contributed by atoms with Crippen molar-refractivity contribution in [1.82, 2.24) is 5.32 Å². The van der Waals surface area contributed by atoms with E-state index in [1.54, 1.807) is 32.0 Å². The summed E-state index contributed by atoms with van der Waals surface area (Å²) in [6, 6.07) is 18.0. The fraction of sp³-hybridized carbons (Fsp3) is 0.250. The second-order valence-corrected chi connectivity index (χ2v) is 8.58. The molecule has 8 heteroatoms. The van der Waals surface area contributed by atoms with Crippen LogP contribution in [0.2, 0.25) is 0 Å². The summed E-state index contributed by atoms with van der Waals surface area (Å²) in [6.45, 7) is 3.25. The third kappa shape index (κ3) is 5.71. The van der Waals surface area contributed by atoms with Crippen LogP contribution in [0.4, 0.5) is 10.1 Å². The maximum atomic E-state index is 14.0. The number of nitrogens with zero attached hydrogens (tertiary/aromatic N) is 1. The number of amides is 2. The molecule has 0 saturated carbocycles. The molecule has 7 nitrogen and oxygen atoms in total. The Bertz CT molecular complexity index is 1280. The van der Waals surface area contributed by atoms with Crippen LogP contribution in [-0.2, 0) is 16.0 Å². The van der Waals surface area contributed by atoms with Gasteiger partial charge in [0.25, 0.3) is 5.91 Å². The van der Waals surface area contributed by atoms with E-state index in [-0.39, 0.29) is 30.4 Å². The summed E-state index contributed by atoms with van der Waals surface area (Å²) in [6.07, 6.45) is 0.660. The summed E-state index contributed by atoms with van der Waals surface area (Å²) in [5, 5.41) is 2.87. The number of carbonyl (C=O) groups excluding carboxylic acids is 3. The number of nitrogens with one attached hydrogen (secondary N) is 1. The van der Waals surface area contributed by atoms with E-state index in [1.807, 2.05) is 30.3 Å². The highest BCUT2D eigenvalue weighted by Crippen LogP contribution is 2.34. The summed E-state index contributed by atoms with van der Waals surface area (Å²) in [4.78, 5) is 39.7. The van der Waals surface area contributed by atoms with Crippen LogP contribution < -0.4 is 19.7 Å². The molecule has 0 bridgehead atoms. The second kappa shape index (κ2) is 11.0. The van der Waals surface area contributed by atoms with Gasteiger partial charge in [0.15, 0.2) is 30.6 Å². The Morgan fingerprint density at radius 1 is 1.11 bits per heavy atom. The Hall–Kier alpha value is -4.20. The van der Waals surface area contributed by atoms with E-state index in [2.05, 4.69) is 5.32 Å². The monoisotopic (exact) mass is 490 g/mol. The maximum Gasteiger partial charge on any atom is 0.265 e. The van der Waals surface area contributed by atoms with Crippen molar-refractivity contribution in [2.45, 2.75) is 26.3 Å². The van der Waals surface area contributed by atoms with Gasteiger partial charge >= 0.3 is 0 Å². The second-order valence-electron chi connectivity index (χ2n) is 8.58. The molecule has 0 aromatic heterocycles. The van der Waals surface area contributed by atoms with E-state index in [0.717, 1.165) is 11.1 Å². The summed E-state index contributed by atoms with van der Waals surface area (Å²) < 4.78 is 24.9. The van der Waals surface area contributed by atoms with Crippen LogP contribution in [-0.4, -0.2) is 43.4 Å². The molecule has 3 aromatic carbocycles. The summed E-state index contributed by atoms with van der Waals surface area (Å²) in [7, 11) is 0.